The first-order valence-corrected chi connectivity index (χ1v) is 12.2. The SMILES string of the molecule is CCOC(=O)C(=O)Nc1cc(OCC(O)COc2ccc(C(C)=O)c(O)c2CCC(F)(F)F)c(Br)cc1C. The fraction of sp³-hybridized carbons (Fsp3) is 0.400. The van der Waals surface area contributed by atoms with Gasteiger partial charge in [0.05, 0.1) is 16.6 Å². The fourth-order valence-corrected chi connectivity index (χ4v) is 3.81. The van der Waals surface area contributed by atoms with Crippen LogP contribution in [0.5, 0.6) is 17.2 Å². The van der Waals surface area contributed by atoms with Crippen LogP contribution in [0.4, 0.5) is 18.9 Å². The number of halogens is 4. The van der Waals surface area contributed by atoms with Crippen LogP contribution in [0.2, 0.25) is 0 Å². The maximum absolute atomic E-state index is 12.8. The Bertz CT molecular complexity index is 1190. The van der Waals surface area contributed by atoms with Crippen LogP contribution in [-0.4, -0.2) is 60.0 Å². The summed E-state index contributed by atoms with van der Waals surface area (Å²) in [6, 6.07) is 5.52. The number of benzene rings is 2. The van der Waals surface area contributed by atoms with Crippen molar-refractivity contribution in [3.8, 4) is 17.2 Å². The van der Waals surface area contributed by atoms with Crippen molar-refractivity contribution in [3.63, 3.8) is 0 Å². The molecule has 2 aromatic rings. The lowest BCUT2D eigenvalue weighted by Gasteiger charge is -2.19. The lowest BCUT2D eigenvalue weighted by atomic mass is 10.0. The summed E-state index contributed by atoms with van der Waals surface area (Å²) in [6.45, 7) is 3.72. The first-order chi connectivity index (χ1) is 17.7. The average molecular weight is 606 g/mol. The minimum absolute atomic E-state index is 0.0319. The van der Waals surface area contributed by atoms with Crippen LogP contribution in [0.3, 0.4) is 0 Å². The molecule has 3 N–H and O–H groups in total. The van der Waals surface area contributed by atoms with Gasteiger partial charge in [0.15, 0.2) is 5.78 Å². The van der Waals surface area contributed by atoms with Crippen LogP contribution in [0.15, 0.2) is 28.7 Å². The number of rotatable bonds is 11. The Morgan fingerprint density at radius 1 is 1.11 bits per heavy atom. The van der Waals surface area contributed by atoms with Crippen LogP contribution >= 0.6 is 15.9 Å². The molecule has 1 unspecified atom stereocenters. The summed E-state index contributed by atoms with van der Waals surface area (Å²) in [5, 5.41) is 23.1. The topological polar surface area (TPSA) is 131 Å². The number of esters is 1. The molecule has 0 aliphatic heterocycles. The average Bonchev–Trinajstić information content (AvgIpc) is 2.82. The molecule has 1 atom stereocenters. The number of ether oxygens (including phenoxy) is 3. The third kappa shape index (κ3) is 8.91. The van der Waals surface area contributed by atoms with Gasteiger partial charge in [0, 0.05) is 23.7 Å². The number of aromatic hydroxyl groups is 1. The van der Waals surface area contributed by atoms with Crippen molar-refractivity contribution in [2.24, 2.45) is 0 Å². The standard InChI is InChI=1S/C25H27BrF3NO8/c1-4-36-24(35)23(34)30-19-10-21(18(26)9-13(19)2)38-12-15(32)11-37-20-6-5-16(14(3)31)22(33)17(20)7-8-25(27,28)29/h5-6,9-10,15,32-33H,4,7-8,11-12H2,1-3H3,(H,30,34). The number of hydrogen-bond donors (Lipinski definition) is 3. The summed E-state index contributed by atoms with van der Waals surface area (Å²) in [4.78, 5) is 35.2. The molecule has 0 aliphatic carbocycles. The van der Waals surface area contributed by atoms with Gasteiger partial charge in [-0.1, -0.05) is 0 Å². The summed E-state index contributed by atoms with van der Waals surface area (Å²) >= 11 is 3.31. The Hall–Kier alpha value is -3.32. The number of phenols is 1. The van der Waals surface area contributed by atoms with E-state index in [4.69, 9.17) is 9.47 Å². The Morgan fingerprint density at radius 2 is 1.74 bits per heavy atom. The molecular weight excluding hydrogens is 579 g/mol. The first kappa shape index (κ1) is 30.9. The van der Waals surface area contributed by atoms with Gasteiger partial charge in [-0.3, -0.25) is 9.59 Å². The monoisotopic (exact) mass is 605 g/mol. The number of carbonyl (C=O) groups is 3. The van der Waals surface area contributed by atoms with Crippen LogP contribution in [0, 0.1) is 6.92 Å². The Balaban J connectivity index is 2.09. The quantitative estimate of drug-likeness (QED) is 0.194. The van der Waals surface area contributed by atoms with E-state index in [1.165, 1.54) is 25.1 Å². The molecule has 208 valence electrons. The van der Waals surface area contributed by atoms with Gasteiger partial charge in [-0.2, -0.15) is 13.2 Å². The zero-order valence-corrected chi connectivity index (χ0v) is 22.4. The van der Waals surface area contributed by atoms with Gasteiger partial charge in [-0.05, 0) is 66.9 Å². The van der Waals surface area contributed by atoms with Crippen LogP contribution in [0.25, 0.3) is 0 Å². The largest absolute Gasteiger partial charge is 0.507 e. The molecule has 1 amide bonds. The number of hydrogen-bond acceptors (Lipinski definition) is 8. The Morgan fingerprint density at radius 3 is 2.32 bits per heavy atom. The number of anilines is 1. The van der Waals surface area contributed by atoms with Crippen molar-refractivity contribution in [2.45, 2.75) is 45.9 Å². The third-order valence-corrected chi connectivity index (χ3v) is 5.75. The Labute approximate surface area is 225 Å². The van der Waals surface area contributed by atoms with E-state index in [1.54, 1.807) is 19.9 Å². The van der Waals surface area contributed by atoms with Gasteiger partial charge < -0.3 is 29.7 Å². The van der Waals surface area contributed by atoms with Gasteiger partial charge in [0.2, 0.25) is 0 Å². The summed E-state index contributed by atoms with van der Waals surface area (Å²) in [6.07, 6.45) is -7.64. The number of aryl methyl sites for hydroxylation is 1. The molecule has 0 aromatic heterocycles. The molecule has 13 heteroatoms. The van der Waals surface area contributed by atoms with Gasteiger partial charge >= 0.3 is 18.1 Å². The van der Waals surface area contributed by atoms with Crippen molar-refractivity contribution in [1.82, 2.24) is 0 Å². The number of amides is 1. The fourth-order valence-electron chi connectivity index (χ4n) is 3.23. The van der Waals surface area contributed by atoms with Gasteiger partial charge in [-0.15, -0.1) is 0 Å². The van der Waals surface area contributed by atoms with E-state index in [0.717, 1.165) is 0 Å². The number of aliphatic hydroxyl groups is 1. The number of Topliss-reactive ketones (excluding diaryl/α,β-unsaturated/α-hetero) is 1. The maximum Gasteiger partial charge on any atom is 0.397 e. The first-order valence-electron chi connectivity index (χ1n) is 11.4. The maximum atomic E-state index is 12.8. The van der Waals surface area contributed by atoms with E-state index in [9.17, 15) is 37.8 Å². The lowest BCUT2D eigenvalue weighted by molar-refractivity contribution is -0.152. The second-order valence-corrected chi connectivity index (χ2v) is 9.01. The highest BCUT2D eigenvalue weighted by Crippen LogP contribution is 2.36. The molecule has 0 spiro atoms. The second-order valence-electron chi connectivity index (χ2n) is 8.16. The van der Waals surface area contributed by atoms with Gasteiger partial charge in [0.1, 0.15) is 36.6 Å². The molecule has 0 fully saturated rings. The summed E-state index contributed by atoms with van der Waals surface area (Å²) in [5.74, 6) is -3.07. The number of alkyl halides is 3. The molecule has 0 saturated heterocycles. The van der Waals surface area contributed by atoms with E-state index in [-0.39, 0.29) is 41.5 Å². The van der Waals surface area contributed by atoms with Crippen molar-refractivity contribution in [1.29, 1.82) is 0 Å². The molecule has 0 radical (unpaired) electrons. The van der Waals surface area contributed by atoms with E-state index in [1.807, 2.05) is 0 Å². The van der Waals surface area contributed by atoms with E-state index in [0.29, 0.717) is 10.0 Å². The Kier molecular flexibility index (Phi) is 11.0. The summed E-state index contributed by atoms with van der Waals surface area (Å²) in [5.41, 5.74) is 0.521. The van der Waals surface area contributed by atoms with Crippen molar-refractivity contribution < 1.29 is 52.0 Å². The zero-order chi connectivity index (χ0) is 28.6. The van der Waals surface area contributed by atoms with E-state index in [2.05, 4.69) is 26.0 Å². The molecule has 0 heterocycles. The van der Waals surface area contributed by atoms with Gasteiger partial charge in [-0.25, -0.2) is 4.79 Å². The highest BCUT2D eigenvalue weighted by Gasteiger charge is 2.29. The normalized spacial score (nSPS) is 12.0. The smallest absolute Gasteiger partial charge is 0.397 e. The molecule has 9 nitrogen and oxygen atoms in total. The molecule has 2 aromatic carbocycles. The van der Waals surface area contributed by atoms with Crippen molar-refractivity contribution in [2.75, 3.05) is 25.1 Å². The number of phenolic OH excluding ortho intramolecular Hbond substituents is 1. The molecule has 0 aliphatic rings. The predicted molar refractivity (Wildman–Crippen MR) is 134 cm³/mol. The molecule has 38 heavy (non-hydrogen) atoms. The molecule has 0 saturated carbocycles. The number of carbonyl (C=O) groups excluding carboxylic acids is 3. The van der Waals surface area contributed by atoms with Crippen molar-refractivity contribution in [3.05, 3.63) is 45.4 Å². The number of aliphatic hydroxyl groups excluding tert-OH is 1. The number of ketones is 1. The zero-order valence-electron chi connectivity index (χ0n) is 20.8. The minimum atomic E-state index is -4.50. The van der Waals surface area contributed by atoms with E-state index >= 15 is 0 Å². The molecule has 0 bridgehead atoms. The van der Waals surface area contributed by atoms with Crippen molar-refractivity contribution >= 4 is 39.3 Å². The molecular formula is C25H27BrF3NO8. The summed E-state index contributed by atoms with van der Waals surface area (Å²) in [7, 11) is 0. The van der Waals surface area contributed by atoms with E-state index < -0.39 is 55.1 Å². The van der Waals surface area contributed by atoms with Crippen LogP contribution in [0.1, 0.15) is 41.8 Å². The second kappa shape index (κ2) is 13.5. The summed E-state index contributed by atoms with van der Waals surface area (Å²) < 4.78 is 54.5. The van der Waals surface area contributed by atoms with Crippen LogP contribution < -0.4 is 14.8 Å². The lowest BCUT2D eigenvalue weighted by Crippen LogP contribution is -2.26. The van der Waals surface area contributed by atoms with Crippen LogP contribution in [-0.2, 0) is 20.7 Å². The predicted octanol–water partition coefficient (Wildman–Crippen LogP) is 4.48. The minimum Gasteiger partial charge on any atom is -0.507 e. The molecule has 2 rings (SSSR count). The van der Waals surface area contributed by atoms with Gasteiger partial charge in [0.25, 0.3) is 0 Å². The highest BCUT2D eigenvalue weighted by atomic mass is 79.9. The third-order valence-electron chi connectivity index (χ3n) is 5.13. The highest BCUT2D eigenvalue weighted by molar-refractivity contribution is 9.10. The number of nitrogens with one attached hydrogen (secondary N) is 1.